The van der Waals surface area contributed by atoms with Crippen LogP contribution in [-0.4, -0.2) is 28.4 Å². The zero-order chi connectivity index (χ0) is 29.2. The normalized spacial score (nSPS) is 15.8. The van der Waals surface area contributed by atoms with Crippen molar-refractivity contribution in [2.24, 2.45) is 5.92 Å². The number of carboxylic acid groups (broad SMARTS) is 1. The van der Waals surface area contributed by atoms with Gasteiger partial charge in [0.15, 0.2) is 0 Å². The van der Waals surface area contributed by atoms with Gasteiger partial charge in [-0.2, -0.15) is 13.2 Å². The van der Waals surface area contributed by atoms with Gasteiger partial charge in [-0.15, -0.1) is 0 Å². The van der Waals surface area contributed by atoms with Gasteiger partial charge >= 0.3 is 12.1 Å². The van der Waals surface area contributed by atoms with Crippen LogP contribution in [0.4, 0.5) is 18.9 Å². The molecule has 11 heteroatoms. The Morgan fingerprint density at radius 2 is 1.52 bits per heavy atom. The summed E-state index contributed by atoms with van der Waals surface area (Å²) in [6.45, 7) is 1.50. The number of carbonyl (C=O) groups excluding carboxylic acids is 2. The number of alkyl halides is 3. The zero-order valence-electron chi connectivity index (χ0n) is 21.5. The second-order valence-electron chi connectivity index (χ2n) is 10.2. The van der Waals surface area contributed by atoms with Gasteiger partial charge in [-0.05, 0) is 66.3 Å². The smallest absolute Gasteiger partial charge is 0.416 e. The van der Waals surface area contributed by atoms with E-state index in [-0.39, 0.29) is 32.8 Å². The van der Waals surface area contributed by atoms with Gasteiger partial charge < -0.3 is 15.7 Å². The summed E-state index contributed by atoms with van der Waals surface area (Å²) in [5.74, 6) is -2.76. The Morgan fingerprint density at radius 1 is 0.950 bits per heavy atom. The van der Waals surface area contributed by atoms with Crippen molar-refractivity contribution in [2.75, 3.05) is 5.32 Å². The molecule has 0 unspecified atom stereocenters. The van der Waals surface area contributed by atoms with E-state index in [1.807, 2.05) is 0 Å². The number of anilines is 1. The molecule has 0 heterocycles. The fourth-order valence-electron chi connectivity index (χ4n) is 5.14. The van der Waals surface area contributed by atoms with Crippen LogP contribution in [0.25, 0.3) is 10.8 Å². The molecule has 0 bridgehead atoms. The lowest BCUT2D eigenvalue weighted by Gasteiger charge is -2.37. The molecule has 3 N–H and O–H groups in total. The van der Waals surface area contributed by atoms with Gasteiger partial charge in [0.25, 0.3) is 5.91 Å². The predicted octanol–water partition coefficient (Wildman–Crippen LogP) is 7.50. The first-order valence-corrected chi connectivity index (χ1v) is 13.5. The van der Waals surface area contributed by atoms with Gasteiger partial charge in [0, 0.05) is 10.0 Å². The highest BCUT2D eigenvalue weighted by Gasteiger charge is 2.43. The van der Waals surface area contributed by atoms with Crippen LogP contribution < -0.4 is 10.6 Å². The number of halogens is 5. The largest absolute Gasteiger partial charge is 0.480 e. The van der Waals surface area contributed by atoms with Crippen molar-refractivity contribution >= 4 is 57.4 Å². The standard InChI is InChI=1S/C29H27Cl2F3N2O4/c1-28(27(39)40,18-9-3-2-4-10-18)36-26(38)21-11-16-7-5-6-8-17(16)12-24(21)35-25(37)15-20-22(30)13-19(14-23(20)31)29(32,33)34/h5-8,11-14,18H,2-4,9-10,15H2,1H3,(H,35,37)(H,36,38)(H,39,40)/t28-/m0/s1. The Morgan fingerprint density at radius 3 is 2.08 bits per heavy atom. The Hall–Kier alpha value is -3.30. The topological polar surface area (TPSA) is 95.5 Å². The van der Waals surface area contributed by atoms with Crippen molar-refractivity contribution in [3.63, 3.8) is 0 Å². The molecule has 212 valence electrons. The minimum absolute atomic E-state index is 0.00336. The summed E-state index contributed by atoms with van der Waals surface area (Å²) in [6, 6.07) is 11.6. The number of hydrogen-bond acceptors (Lipinski definition) is 3. The number of nitrogens with one attached hydrogen (secondary N) is 2. The first-order valence-electron chi connectivity index (χ1n) is 12.7. The van der Waals surface area contributed by atoms with E-state index >= 15 is 0 Å². The second-order valence-corrected chi connectivity index (χ2v) is 11.0. The van der Waals surface area contributed by atoms with Crippen molar-refractivity contribution in [3.05, 3.63) is 75.3 Å². The van der Waals surface area contributed by atoms with Gasteiger partial charge in [0.1, 0.15) is 5.54 Å². The molecule has 1 aliphatic carbocycles. The molecule has 2 amide bonds. The average molecular weight is 595 g/mol. The van der Waals surface area contributed by atoms with E-state index in [4.69, 9.17) is 23.2 Å². The van der Waals surface area contributed by atoms with Crippen molar-refractivity contribution in [1.29, 1.82) is 0 Å². The van der Waals surface area contributed by atoms with E-state index in [0.29, 0.717) is 35.7 Å². The molecule has 1 fully saturated rings. The lowest BCUT2D eigenvalue weighted by Crippen LogP contribution is -2.57. The quantitative estimate of drug-likeness (QED) is 0.264. The second kappa shape index (κ2) is 11.7. The maximum absolute atomic E-state index is 13.6. The molecular formula is C29H27Cl2F3N2O4. The first-order chi connectivity index (χ1) is 18.8. The number of aliphatic carboxylic acids is 1. The summed E-state index contributed by atoms with van der Waals surface area (Å²) in [5.41, 5.74) is -2.42. The molecule has 1 aliphatic rings. The molecule has 0 aromatic heterocycles. The molecule has 0 spiro atoms. The Balaban J connectivity index is 1.65. The SMILES string of the molecule is C[C@@](NC(=O)c1cc2ccccc2cc1NC(=O)Cc1c(Cl)cc(C(F)(F)F)cc1Cl)(C(=O)O)C1CCCCC1. The van der Waals surface area contributed by atoms with Crippen LogP contribution in [0.2, 0.25) is 10.0 Å². The molecular weight excluding hydrogens is 568 g/mol. The van der Waals surface area contributed by atoms with Crippen LogP contribution in [0.3, 0.4) is 0 Å². The van der Waals surface area contributed by atoms with Crippen LogP contribution in [-0.2, 0) is 22.2 Å². The third kappa shape index (κ3) is 6.36. The number of benzene rings is 3. The van der Waals surface area contributed by atoms with Crippen LogP contribution in [0, 0.1) is 5.92 Å². The van der Waals surface area contributed by atoms with Gasteiger partial charge in [-0.25, -0.2) is 4.79 Å². The zero-order valence-corrected chi connectivity index (χ0v) is 23.0. The minimum atomic E-state index is -4.66. The molecule has 1 atom stereocenters. The lowest BCUT2D eigenvalue weighted by molar-refractivity contribution is -0.146. The van der Waals surface area contributed by atoms with Crippen LogP contribution in [0.15, 0.2) is 48.5 Å². The van der Waals surface area contributed by atoms with E-state index in [1.165, 1.54) is 6.92 Å². The van der Waals surface area contributed by atoms with E-state index in [9.17, 15) is 32.7 Å². The monoisotopic (exact) mass is 594 g/mol. The van der Waals surface area contributed by atoms with Gasteiger partial charge in [0.2, 0.25) is 5.91 Å². The first kappa shape index (κ1) is 29.7. The fraction of sp³-hybridized carbons (Fsp3) is 0.345. The highest BCUT2D eigenvalue weighted by molar-refractivity contribution is 6.36. The predicted molar refractivity (Wildman–Crippen MR) is 148 cm³/mol. The molecule has 6 nitrogen and oxygen atoms in total. The number of carboxylic acids is 1. The number of fused-ring (bicyclic) bond motifs is 1. The van der Waals surface area contributed by atoms with Crippen molar-refractivity contribution in [2.45, 2.75) is 57.2 Å². The number of amides is 2. The van der Waals surface area contributed by atoms with Gasteiger partial charge in [-0.3, -0.25) is 9.59 Å². The van der Waals surface area contributed by atoms with Gasteiger partial charge in [-0.1, -0.05) is 66.7 Å². The van der Waals surface area contributed by atoms with Crippen LogP contribution >= 0.6 is 23.2 Å². The van der Waals surface area contributed by atoms with Gasteiger partial charge in [0.05, 0.1) is 23.2 Å². The van der Waals surface area contributed by atoms with Crippen molar-refractivity contribution in [1.82, 2.24) is 5.32 Å². The summed E-state index contributed by atoms with van der Waals surface area (Å²) in [6.07, 6.45) is -1.04. The summed E-state index contributed by atoms with van der Waals surface area (Å²) in [7, 11) is 0. The number of hydrogen-bond donors (Lipinski definition) is 3. The molecule has 1 saturated carbocycles. The summed E-state index contributed by atoms with van der Waals surface area (Å²) in [5, 5.41) is 16.2. The molecule has 0 saturated heterocycles. The molecule has 0 radical (unpaired) electrons. The van der Waals surface area contributed by atoms with E-state index in [1.54, 1.807) is 36.4 Å². The van der Waals surface area contributed by atoms with Crippen LogP contribution in [0.5, 0.6) is 0 Å². The maximum atomic E-state index is 13.6. The van der Waals surface area contributed by atoms with Crippen molar-refractivity contribution in [3.8, 4) is 0 Å². The highest BCUT2D eigenvalue weighted by Crippen LogP contribution is 2.37. The molecule has 40 heavy (non-hydrogen) atoms. The lowest BCUT2D eigenvalue weighted by atomic mass is 9.75. The van der Waals surface area contributed by atoms with Crippen LogP contribution in [0.1, 0.15) is 60.5 Å². The fourth-order valence-corrected chi connectivity index (χ4v) is 5.76. The summed E-state index contributed by atoms with van der Waals surface area (Å²) in [4.78, 5) is 39.0. The molecule has 4 rings (SSSR count). The number of rotatable bonds is 7. The summed E-state index contributed by atoms with van der Waals surface area (Å²) >= 11 is 12.1. The van der Waals surface area contributed by atoms with E-state index in [0.717, 1.165) is 19.3 Å². The maximum Gasteiger partial charge on any atom is 0.416 e. The van der Waals surface area contributed by atoms with Crippen molar-refractivity contribution < 1.29 is 32.7 Å². The molecule has 3 aromatic carbocycles. The minimum Gasteiger partial charge on any atom is -0.480 e. The van der Waals surface area contributed by atoms with E-state index in [2.05, 4.69) is 10.6 Å². The number of carbonyl (C=O) groups is 3. The van der Waals surface area contributed by atoms with E-state index < -0.39 is 41.5 Å². The summed E-state index contributed by atoms with van der Waals surface area (Å²) < 4.78 is 39.3. The average Bonchev–Trinajstić information content (AvgIpc) is 2.90. The molecule has 0 aliphatic heterocycles. The Bertz CT molecular complexity index is 1450. The Labute approximate surface area is 238 Å². The third-order valence-corrected chi connectivity index (χ3v) is 8.12. The molecule has 3 aromatic rings. The highest BCUT2D eigenvalue weighted by atomic mass is 35.5. The Kier molecular flexibility index (Phi) is 8.66. The third-order valence-electron chi connectivity index (χ3n) is 7.45.